The smallest absolute Gasteiger partial charge is 0.226 e. The number of anilines is 1. The molecule has 0 saturated carbocycles. The van der Waals surface area contributed by atoms with Crippen LogP contribution in [-0.2, 0) is 4.79 Å². The minimum absolute atomic E-state index is 0.00396. The van der Waals surface area contributed by atoms with Crippen LogP contribution in [0.4, 0.5) is 10.2 Å². The van der Waals surface area contributed by atoms with Crippen molar-refractivity contribution in [1.82, 2.24) is 9.55 Å². The summed E-state index contributed by atoms with van der Waals surface area (Å²) in [6, 6.07) is 13.5. The Labute approximate surface area is 153 Å². The average molecular weight is 367 g/mol. The minimum Gasteiger partial charge on any atom is -0.310 e. The molecule has 4 rings (SSSR count). The second-order valence-corrected chi connectivity index (χ2v) is 6.39. The molecule has 5 nitrogen and oxygen atoms in total. The van der Waals surface area contributed by atoms with Crippen LogP contribution in [0.25, 0.3) is 5.69 Å². The molecular weight excluding hydrogens is 355 g/mol. The van der Waals surface area contributed by atoms with Gasteiger partial charge >= 0.3 is 0 Å². The lowest BCUT2D eigenvalue weighted by Crippen LogP contribution is -2.24. The highest BCUT2D eigenvalue weighted by atomic mass is 35.5. The third-order valence-electron chi connectivity index (χ3n) is 4.40. The standard InChI is InChI=1S/C19H12ClFN4O/c20-15-7-13(5-6-16(15)21)25-10-23-18-14(8-17(26)24-19(18)25)12-3-1-11(9-22)2-4-12/h1-7,10,14H,8H2,(H,24,26)/t14-/m0/s1. The lowest BCUT2D eigenvalue weighted by atomic mass is 9.89. The summed E-state index contributed by atoms with van der Waals surface area (Å²) in [5, 5.41) is 11.8. The molecule has 128 valence electrons. The molecule has 1 aliphatic rings. The van der Waals surface area contributed by atoms with Crippen LogP contribution in [0.15, 0.2) is 48.8 Å². The summed E-state index contributed by atoms with van der Waals surface area (Å²) in [6.07, 6.45) is 1.84. The molecule has 1 aromatic heterocycles. The molecule has 1 aliphatic heterocycles. The number of carbonyl (C=O) groups excluding carboxylic acids is 1. The van der Waals surface area contributed by atoms with E-state index in [9.17, 15) is 9.18 Å². The molecule has 0 unspecified atom stereocenters. The van der Waals surface area contributed by atoms with Crippen molar-refractivity contribution in [3.8, 4) is 11.8 Å². The van der Waals surface area contributed by atoms with Crippen LogP contribution in [0.1, 0.15) is 29.2 Å². The monoisotopic (exact) mass is 366 g/mol. The number of carbonyl (C=O) groups is 1. The molecule has 0 radical (unpaired) electrons. The predicted octanol–water partition coefficient (Wildman–Crippen LogP) is 4.01. The van der Waals surface area contributed by atoms with Crippen molar-refractivity contribution in [2.75, 3.05) is 5.32 Å². The summed E-state index contributed by atoms with van der Waals surface area (Å²) < 4.78 is 15.1. The van der Waals surface area contributed by atoms with Crippen LogP contribution in [0.2, 0.25) is 5.02 Å². The van der Waals surface area contributed by atoms with E-state index in [1.54, 1.807) is 29.1 Å². The molecule has 0 bridgehead atoms. The van der Waals surface area contributed by atoms with Gasteiger partial charge in [0.2, 0.25) is 5.91 Å². The van der Waals surface area contributed by atoms with Crippen molar-refractivity contribution in [1.29, 1.82) is 5.26 Å². The summed E-state index contributed by atoms with van der Waals surface area (Å²) in [6.45, 7) is 0. The van der Waals surface area contributed by atoms with Crippen molar-refractivity contribution in [2.24, 2.45) is 0 Å². The molecule has 0 spiro atoms. The van der Waals surface area contributed by atoms with E-state index in [1.165, 1.54) is 12.1 Å². The topological polar surface area (TPSA) is 70.7 Å². The van der Waals surface area contributed by atoms with Gasteiger partial charge < -0.3 is 5.32 Å². The Balaban J connectivity index is 1.79. The lowest BCUT2D eigenvalue weighted by molar-refractivity contribution is -0.116. The Morgan fingerprint density at radius 1 is 1.27 bits per heavy atom. The Hall–Kier alpha value is -3.17. The molecule has 7 heteroatoms. The number of nitriles is 1. The van der Waals surface area contributed by atoms with Gasteiger partial charge in [0.1, 0.15) is 18.0 Å². The third-order valence-corrected chi connectivity index (χ3v) is 4.69. The third kappa shape index (κ3) is 2.72. The Morgan fingerprint density at radius 3 is 2.73 bits per heavy atom. The zero-order chi connectivity index (χ0) is 18.3. The van der Waals surface area contributed by atoms with Gasteiger partial charge in [-0.05, 0) is 35.9 Å². The molecule has 0 aliphatic carbocycles. The SMILES string of the molecule is N#Cc1ccc([C@@H]2CC(=O)Nc3c2ncn3-c2ccc(F)c(Cl)c2)cc1. The largest absolute Gasteiger partial charge is 0.310 e. The predicted molar refractivity (Wildman–Crippen MR) is 94.8 cm³/mol. The number of fused-ring (bicyclic) bond motifs is 1. The second-order valence-electron chi connectivity index (χ2n) is 5.99. The van der Waals surface area contributed by atoms with Gasteiger partial charge in [0.25, 0.3) is 0 Å². The first-order valence-electron chi connectivity index (χ1n) is 7.89. The van der Waals surface area contributed by atoms with E-state index in [4.69, 9.17) is 16.9 Å². The van der Waals surface area contributed by atoms with Crippen LogP contribution in [0.3, 0.4) is 0 Å². The maximum atomic E-state index is 13.4. The van der Waals surface area contributed by atoms with Crippen molar-refractivity contribution < 1.29 is 9.18 Å². The van der Waals surface area contributed by atoms with Gasteiger partial charge in [-0.25, -0.2) is 9.37 Å². The van der Waals surface area contributed by atoms with Crippen molar-refractivity contribution in [3.05, 3.63) is 76.5 Å². The Kier molecular flexibility index (Phi) is 3.94. The van der Waals surface area contributed by atoms with Crippen LogP contribution in [0.5, 0.6) is 0 Å². The van der Waals surface area contributed by atoms with E-state index < -0.39 is 5.82 Å². The number of hydrogen-bond donors (Lipinski definition) is 1. The molecule has 0 saturated heterocycles. The van der Waals surface area contributed by atoms with E-state index in [0.29, 0.717) is 17.1 Å². The number of nitrogens with zero attached hydrogens (tertiary/aromatic N) is 3. The van der Waals surface area contributed by atoms with E-state index in [0.717, 1.165) is 11.3 Å². The molecule has 1 atom stereocenters. The van der Waals surface area contributed by atoms with Gasteiger partial charge in [0.15, 0.2) is 0 Å². The molecule has 1 N–H and O–H groups in total. The van der Waals surface area contributed by atoms with Crippen LogP contribution in [-0.4, -0.2) is 15.5 Å². The first kappa shape index (κ1) is 16.3. The summed E-state index contributed by atoms with van der Waals surface area (Å²) in [5.74, 6) is -0.326. The first-order chi connectivity index (χ1) is 12.6. The molecule has 26 heavy (non-hydrogen) atoms. The maximum absolute atomic E-state index is 13.4. The number of aromatic nitrogens is 2. The quantitative estimate of drug-likeness (QED) is 0.744. The molecule has 3 aromatic rings. The number of amides is 1. The second kappa shape index (κ2) is 6.28. The normalized spacial score (nSPS) is 15.9. The first-order valence-corrected chi connectivity index (χ1v) is 8.27. The summed E-state index contributed by atoms with van der Waals surface area (Å²) in [4.78, 5) is 16.7. The highest BCUT2D eigenvalue weighted by molar-refractivity contribution is 6.30. The number of benzene rings is 2. The molecule has 2 aromatic carbocycles. The molecular formula is C19H12ClFN4O. The van der Waals surface area contributed by atoms with Crippen LogP contribution in [0, 0.1) is 17.1 Å². The summed E-state index contributed by atoms with van der Waals surface area (Å²) in [7, 11) is 0. The molecule has 1 amide bonds. The molecule has 2 heterocycles. The van der Waals surface area contributed by atoms with E-state index in [2.05, 4.69) is 16.4 Å². The Morgan fingerprint density at radius 2 is 2.04 bits per heavy atom. The number of imidazole rings is 1. The van der Waals surface area contributed by atoms with Gasteiger partial charge in [-0.3, -0.25) is 9.36 Å². The average Bonchev–Trinajstić information content (AvgIpc) is 3.07. The van der Waals surface area contributed by atoms with E-state index >= 15 is 0 Å². The van der Waals surface area contributed by atoms with Gasteiger partial charge in [0, 0.05) is 12.3 Å². The van der Waals surface area contributed by atoms with Gasteiger partial charge in [0.05, 0.1) is 28.0 Å². The highest BCUT2D eigenvalue weighted by Crippen LogP contribution is 2.37. The zero-order valence-electron chi connectivity index (χ0n) is 13.4. The van der Waals surface area contributed by atoms with Crippen LogP contribution >= 0.6 is 11.6 Å². The van der Waals surface area contributed by atoms with Gasteiger partial charge in [-0.15, -0.1) is 0 Å². The number of nitrogens with one attached hydrogen (secondary N) is 1. The number of hydrogen-bond acceptors (Lipinski definition) is 3. The fourth-order valence-corrected chi connectivity index (χ4v) is 3.28. The fraction of sp³-hybridized carbons (Fsp3) is 0.105. The lowest BCUT2D eigenvalue weighted by Gasteiger charge is -2.23. The van der Waals surface area contributed by atoms with E-state index in [-0.39, 0.29) is 23.3 Å². The fourth-order valence-electron chi connectivity index (χ4n) is 3.10. The maximum Gasteiger partial charge on any atom is 0.226 e. The Bertz CT molecular complexity index is 1050. The van der Waals surface area contributed by atoms with Gasteiger partial charge in [-0.1, -0.05) is 23.7 Å². The van der Waals surface area contributed by atoms with Crippen molar-refractivity contribution >= 4 is 23.3 Å². The van der Waals surface area contributed by atoms with Crippen molar-refractivity contribution in [3.63, 3.8) is 0 Å². The zero-order valence-corrected chi connectivity index (χ0v) is 14.2. The van der Waals surface area contributed by atoms with E-state index in [1.807, 2.05) is 12.1 Å². The summed E-state index contributed by atoms with van der Waals surface area (Å²) >= 11 is 5.87. The minimum atomic E-state index is -0.510. The molecule has 0 fully saturated rings. The van der Waals surface area contributed by atoms with Crippen LogP contribution < -0.4 is 5.32 Å². The van der Waals surface area contributed by atoms with Gasteiger partial charge in [-0.2, -0.15) is 5.26 Å². The van der Waals surface area contributed by atoms with Crippen molar-refractivity contribution in [2.45, 2.75) is 12.3 Å². The highest BCUT2D eigenvalue weighted by Gasteiger charge is 2.31. The summed E-state index contributed by atoms with van der Waals surface area (Å²) in [5.41, 5.74) is 2.78. The number of rotatable bonds is 2. The number of halogens is 2.